The Hall–Kier alpha value is -0.130. The molecule has 1 fully saturated rings. The summed E-state index contributed by atoms with van der Waals surface area (Å²) in [7, 11) is -2.87. The maximum atomic E-state index is 11.9. The van der Waals surface area contributed by atoms with Gasteiger partial charge < -0.3 is 5.32 Å². The standard InChI is InChI=1S/C14H30N2O2S/c1-5-10-19(17,18)11-9-16-12-14(4,6-2)15-8-7-13(16)3/h13,15H,5-12H2,1-4H3. The summed E-state index contributed by atoms with van der Waals surface area (Å²) < 4.78 is 23.7. The summed E-state index contributed by atoms with van der Waals surface area (Å²) in [5.41, 5.74) is 0.110. The van der Waals surface area contributed by atoms with Gasteiger partial charge in [0.2, 0.25) is 0 Å². The van der Waals surface area contributed by atoms with Crippen LogP contribution in [0.2, 0.25) is 0 Å². The Kier molecular flexibility index (Phi) is 6.27. The predicted octanol–water partition coefficient (Wildman–Crippen LogP) is 1.66. The summed E-state index contributed by atoms with van der Waals surface area (Å²) in [6.45, 7) is 11.2. The van der Waals surface area contributed by atoms with Gasteiger partial charge >= 0.3 is 0 Å². The lowest BCUT2D eigenvalue weighted by Crippen LogP contribution is -2.50. The molecule has 2 atom stereocenters. The van der Waals surface area contributed by atoms with Crippen LogP contribution in [0.3, 0.4) is 0 Å². The second kappa shape index (κ2) is 7.04. The lowest BCUT2D eigenvalue weighted by atomic mass is 9.98. The van der Waals surface area contributed by atoms with Crippen molar-refractivity contribution in [1.82, 2.24) is 10.2 Å². The fraction of sp³-hybridized carbons (Fsp3) is 1.00. The third-order valence-electron chi connectivity index (χ3n) is 4.27. The van der Waals surface area contributed by atoms with Crippen LogP contribution in [-0.2, 0) is 9.84 Å². The van der Waals surface area contributed by atoms with Gasteiger partial charge in [-0.05, 0) is 39.7 Å². The van der Waals surface area contributed by atoms with Gasteiger partial charge in [-0.25, -0.2) is 8.42 Å². The highest BCUT2D eigenvalue weighted by Gasteiger charge is 2.30. The minimum Gasteiger partial charge on any atom is -0.310 e. The number of nitrogens with one attached hydrogen (secondary N) is 1. The van der Waals surface area contributed by atoms with Crippen molar-refractivity contribution in [2.45, 2.75) is 58.5 Å². The van der Waals surface area contributed by atoms with Crippen LogP contribution in [0, 0.1) is 0 Å². The molecule has 1 heterocycles. The molecule has 0 aromatic rings. The van der Waals surface area contributed by atoms with Crippen LogP contribution in [0.4, 0.5) is 0 Å². The Labute approximate surface area is 118 Å². The maximum Gasteiger partial charge on any atom is 0.151 e. The van der Waals surface area contributed by atoms with Crippen molar-refractivity contribution in [2.24, 2.45) is 0 Å². The predicted molar refractivity (Wildman–Crippen MR) is 81.3 cm³/mol. The minimum atomic E-state index is -2.87. The van der Waals surface area contributed by atoms with Crippen molar-refractivity contribution in [3.63, 3.8) is 0 Å². The van der Waals surface area contributed by atoms with Gasteiger partial charge in [-0.15, -0.1) is 0 Å². The lowest BCUT2D eigenvalue weighted by molar-refractivity contribution is 0.181. The zero-order valence-electron chi connectivity index (χ0n) is 12.9. The second-order valence-electron chi connectivity index (χ2n) is 6.10. The van der Waals surface area contributed by atoms with Crippen LogP contribution in [-0.4, -0.2) is 56.0 Å². The van der Waals surface area contributed by atoms with Gasteiger partial charge in [0.15, 0.2) is 9.84 Å². The van der Waals surface area contributed by atoms with E-state index in [1.807, 2.05) is 6.92 Å². The van der Waals surface area contributed by atoms with Gasteiger partial charge in [0.25, 0.3) is 0 Å². The third-order valence-corrected chi connectivity index (χ3v) is 6.11. The van der Waals surface area contributed by atoms with Crippen molar-refractivity contribution < 1.29 is 8.42 Å². The van der Waals surface area contributed by atoms with Gasteiger partial charge in [0.1, 0.15) is 0 Å². The first-order chi connectivity index (χ1) is 8.82. The first kappa shape index (κ1) is 16.9. The molecule has 1 N–H and O–H groups in total. The Morgan fingerprint density at radius 1 is 1.32 bits per heavy atom. The highest BCUT2D eigenvalue weighted by Crippen LogP contribution is 2.18. The smallest absolute Gasteiger partial charge is 0.151 e. The summed E-state index contributed by atoms with van der Waals surface area (Å²) in [6.07, 6.45) is 2.87. The first-order valence-electron chi connectivity index (χ1n) is 7.51. The van der Waals surface area contributed by atoms with E-state index in [4.69, 9.17) is 0 Å². The van der Waals surface area contributed by atoms with Crippen LogP contribution >= 0.6 is 0 Å². The summed E-state index contributed by atoms with van der Waals surface area (Å²) in [6, 6.07) is 0.456. The number of hydrogen-bond acceptors (Lipinski definition) is 4. The monoisotopic (exact) mass is 290 g/mol. The van der Waals surface area contributed by atoms with Crippen molar-refractivity contribution in [3.8, 4) is 0 Å². The van der Waals surface area contributed by atoms with E-state index >= 15 is 0 Å². The molecule has 4 nitrogen and oxygen atoms in total. The molecule has 19 heavy (non-hydrogen) atoms. The molecule has 0 aromatic carbocycles. The number of hydrogen-bond donors (Lipinski definition) is 1. The fourth-order valence-electron chi connectivity index (χ4n) is 2.63. The van der Waals surface area contributed by atoms with E-state index in [0.29, 0.717) is 30.5 Å². The first-order valence-corrected chi connectivity index (χ1v) is 9.33. The Morgan fingerprint density at radius 2 is 2.00 bits per heavy atom. The molecule has 2 unspecified atom stereocenters. The molecule has 1 rings (SSSR count). The highest BCUT2D eigenvalue weighted by atomic mass is 32.2. The topological polar surface area (TPSA) is 49.4 Å². The SMILES string of the molecule is CCCS(=O)(=O)CCN1CC(C)(CC)NCCC1C. The van der Waals surface area contributed by atoms with Crippen molar-refractivity contribution in [2.75, 3.05) is 31.1 Å². The quantitative estimate of drug-likeness (QED) is 0.808. The van der Waals surface area contributed by atoms with Gasteiger partial charge in [-0.3, -0.25) is 4.90 Å². The zero-order chi connectivity index (χ0) is 14.5. The molecular formula is C14H30N2O2S. The molecule has 0 spiro atoms. The van der Waals surface area contributed by atoms with Gasteiger partial charge in [0.05, 0.1) is 5.75 Å². The molecule has 0 bridgehead atoms. The number of sulfone groups is 1. The molecule has 114 valence electrons. The Balaban J connectivity index is 2.63. The molecular weight excluding hydrogens is 260 g/mol. The van der Waals surface area contributed by atoms with Gasteiger partial charge in [-0.2, -0.15) is 0 Å². The van der Waals surface area contributed by atoms with Gasteiger partial charge in [-0.1, -0.05) is 13.8 Å². The van der Waals surface area contributed by atoms with Crippen molar-refractivity contribution >= 4 is 9.84 Å². The van der Waals surface area contributed by atoms with E-state index in [1.54, 1.807) is 0 Å². The minimum absolute atomic E-state index is 0.110. The summed E-state index contributed by atoms with van der Waals surface area (Å²) in [5.74, 6) is 0.615. The highest BCUT2D eigenvalue weighted by molar-refractivity contribution is 7.91. The van der Waals surface area contributed by atoms with E-state index in [0.717, 1.165) is 25.9 Å². The largest absolute Gasteiger partial charge is 0.310 e. The zero-order valence-corrected chi connectivity index (χ0v) is 13.7. The molecule has 0 radical (unpaired) electrons. The van der Waals surface area contributed by atoms with Crippen LogP contribution in [0.5, 0.6) is 0 Å². The van der Waals surface area contributed by atoms with Crippen molar-refractivity contribution in [3.05, 3.63) is 0 Å². The summed E-state index contributed by atoms with van der Waals surface area (Å²) >= 11 is 0. The average molecular weight is 290 g/mol. The lowest BCUT2D eigenvalue weighted by Gasteiger charge is -2.34. The van der Waals surface area contributed by atoms with E-state index < -0.39 is 9.84 Å². The van der Waals surface area contributed by atoms with Crippen LogP contribution in [0.15, 0.2) is 0 Å². The van der Waals surface area contributed by atoms with Crippen LogP contribution in [0.1, 0.15) is 47.0 Å². The van der Waals surface area contributed by atoms with E-state index in [2.05, 4.69) is 31.0 Å². The average Bonchev–Trinajstić information content (AvgIpc) is 2.47. The van der Waals surface area contributed by atoms with E-state index in [1.165, 1.54) is 0 Å². The maximum absolute atomic E-state index is 11.9. The van der Waals surface area contributed by atoms with Gasteiger partial charge in [0, 0.05) is 30.4 Å². The molecule has 1 saturated heterocycles. The second-order valence-corrected chi connectivity index (χ2v) is 8.40. The molecule has 0 saturated carbocycles. The summed E-state index contributed by atoms with van der Waals surface area (Å²) in [5, 5.41) is 3.60. The Morgan fingerprint density at radius 3 is 2.58 bits per heavy atom. The van der Waals surface area contributed by atoms with E-state index in [9.17, 15) is 8.42 Å². The number of rotatable bonds is 6. The molecule has 0 aliphatic carbocycles. The third kappa shape index (κ3) is 5.40. The molecule has 1 aliphatic rings. The van der Waals surface area contributed by atoms with Crippen molar-refractivity contribution in [1.29, 1.82) is 0 Å². The molecule has 0 aromatic heterocycles. The van der Waals surface area contributed by atoms with Crippen LogP contribution in [0.25, 0.3) is 0 Å². The summed E-state index contributed by atoms with van der Waals surface area (Å²) in [4.78, 5) is 2.34. The van der Waals surface area contributed by atoms with E-state index in [-0.39, 0.29) is 5.54 Å². The van der Waals surface area contributed by atoms with Crippen LogP contribution < -0.4 is 5.32 Å². The molecule has 1 aliphatic heterocycles. The number of nitrogens with zero attached hydrogens (tertiary/aromatic N) is 1. The normalized spacial score (nSPS) is 30.2. The molecule has 5 heteroatoms. The molecule has 0 amide bonds. The fourth-order valence-corrected chi connectivity index (χ4v) is 3.97. The Bertz CT molecular complexity index is 370.